The summed E-state index contributed by atoms with van der Waals surface area (Å²) >= 11 is 0. The van der Waals surface area contributed by atoms with Crippen LogP contribution in [-0.2, 0) is 9.59 Å². The van der Waals surface area contributed by atoms with E-state index in [4.69, 9.17) is 0 Å². The zero-order valence-electron chi connectivity index (χ0n) is 12.4. The summed E-state index contributed by atoms with van der Waals surface area (Å²) in [4.78, 5) is 25.3. The van der Waals surface area contributed by atoms with Crippen LogP contribution in [0.2, 0.25) is 0 Å². The first-order chi connectivity index (χ1) is 8.74. The normalized spacial score (nSPS) is 21.3. The van der Waals surface area contributed by atoms with Gasteiger partial charge in [-0.3, -0.25) is 9.59 Å². The second-order valence-electron chi connectivity index (χ2n) is 6.52. The molecule has 1 fully saturated rings. The highest BCUT2D eigenvalue weighted by molar-refractivity contribution is 5.87. The third-order valence-corrected chi connectivity index (χ3v) is 3.39. The van der Waals surface area contributed by atoms with Crippen LogP contribution in [-0.4, -0.2) is 47.1 Å². The van der Waals surface area contributed by atoms with Crippen LogP contribution in [0.1, 0.15) is 47.0 Å². The van der Waals surface area contributed by atoms with E-state index in [1.54, 1.807) is 4.90 Å². The molecule has 2 N–H and O–H groups in total. The molecule has 1 heterocycles. The van der Waals surface area contributed by atoms with E-state index in [0.29, 0.717) is 19.4 Å². The Kier molecular flexibility index (Phi) is 5.35. The number of aliphatic hydroxyl groups is 1. The maximum Gasteiger partial charge on any atom is 0.243 e. The highest BCUT2D eigenvalue weighted by Gasteiger charge is 2.33. The fourth-order valence-electron chi connectivity index (χ4n) is 2.61. The Morgan fingerprint density at radius 1 is 1.42 bits per heavy atom. The monoisotopic (exact) mass is 270 g/mol. The van der Waals surface area contributed by atoms with Crippen molar-refractivity contribution in [3.05, 3.63) is 0 Å². The van der Waals surface area contributed by atoms with Gasteiger partial charge in [-0.15, -0.1) is 0 Å². The summed E-state index contributed by atoms with van der Waals surface area (Å²) < 4.78 is 0. The van der Waals surface area contributed by atoms with Gasteiger partial charge in [-0.2, -0.15) is 0 Å². The Bertz CT molecular complexity index is 336. The molecule has 2 atom stereocenters. The minimum atomic E-state index is -0.369. The molecule has 1 aliphatic heterocycles. The average Bonchev–Trinajstić information content (AvgIpc) is 2.74. The highest BCUT2D eigenvalue weighted by Crippen LogP contribution is 2.22. The van der Waals surface area contributed by atoms with Crippen LogP contribution in [0.4, 0.5) is 0 Å². The number of rotatable bonds is 4. The van der Waals surface area contributed by atoms with Gasteiger partial charge in [-0.05, 0) is 24.7 Å². The van der Waals surface area contributed by atoms with Gasteiger partial charge in [0.2, 0.25) is 11.8 Å². The average molecular weight is 270 g/mol. The molecule has 0 saturated carbocycles. The van der Waals surface area contributed by atoms with E-state index in [-0.39, 0.29) is 35.9 Å². The van der Waals surface area contributed by atoms with Crippen molar-refractivity contribution < 1.29 is 14.7 Å². The highest BCUT2D eigenvalue weighted by atomic mass is 16.3. The lowest BCUT2D eigenvalue weighted by Crippen LogP contribution is -2.50. The lowest BCUT2D eigenvalue weighted by Gasteiger charge is -2.28. The zero-order valence-corrected chi connectivity index (χ0v) is 12.4. The molecule has 0 aromatic carbocycles. The maximum atomic E-state index is 12.2. The molecule has 0 radical (unpaired) electrons. The molecule has 0 aromatic rings. The van der Waals surface area contributed by atoms with Crippen LogP contribution in [0.5, 0.6) is 0 Å². The number of likely N-dealkylation sites (tertiary alicyclic amines) is 1. The van der Waals surface area contributed by atoms with Crippen LogP contribution in [0.25, 0.3) is 0 Å². The summed E-state index contributed by atoms with van der Waals surface area (Å²) in [6.45, 7) is 8.27. The van der Waals surface area contributed by atoms with E-state index < -0.39 is 0 Å². The van der Waals surface area contributed by atoms with Gasteiger partial charge in [0, 0.05) is 13.5 Å². The fraction of sp³-hybridized carbons (Fsp3) is 0.857. The van der Waals surface area contributed by atoms with Gasteiger partial charge in [0.15, 0.2) is 0 Å². The van der Waals surface area contributed by atoms with Crippen molar-refractivity contribution >= 4 is 11.8 Å². The van der Waals surface area contributed by atoms with Gasteiger partial charge in [0.1, 0.15) is 6.04 Å². The summed E-state index contributed by atoms with van der Waals surface area (Å²) in [6, 6.07) is -0.617. The molecule has 1 aliphatic rings. The van der Waals surface area contributed by atoms with Gasteiger partial charge < -0.3 is 15.3 Å². The number of aliphatic hydroxyl groups excluding tert-OH is 1. The number of amides is 2. The third kappa shape index (κ3) is 4.82. The summed E-state index contributed by atoms with van der Waals surface area (Å²) in [5.74, 6) is -0.204. The van der Waals surface area contributed by atoms with Crippen LogP contribution >= 0.6 is 0 Å². The Hall–Kier alpha value is -1.10. The minimum Gasteiger partial charge on any atom is -0.394 e. The molecular formula is C14H26N2O3. The molecule has 2 unspecified atom stereocenters. The summed E-state index contributed by atoms with van der Waals surface area (Å²) in [5.41, 5.74) is 0.0383. The Morgan fingerprint density at radius 3 is 2.53 bits per heavy atom. The largest absolute Gasteiger partial charge is 0.394 e. The van der Waals surface area contributed by atoms with Crippen LogP contribution in [0.15, 0.2) is 0 Å². The fourth-order valence-corrected chi connectivity index (χ4v) is 2.61. The number of carbonyl (C=O) groups is 2. The van der Waals surface area contributed by atoms with Crippen molar-refractivity contribution in [3.8, 4) is 0 Å². The quantitative estimate of drug-likeness (QED) is 0.798. The first kappa shape index (κ1) is 16.0. The second kappa shape index (κ2) is 6.37. The summed E-state index contributed by atoms with van der Waals surface area (Å²) in [6.07, 6.45) is 2.28. The third-order valence-electron chi connectivity index (χ3n) is 3.39. The Labute approximate surface area is 115 Å². The molecule has 1 saturated heterocycles. The van der Waals surface area contributed by atoms with Crippen molar-refractivity contribution in [1.29, 1.82) is 0 Å². The maximum absolute atomic E-state index is 12.2. The first-order valence-corrected chi connectivity index (χ1v) is 6.93. The van der Waals surface area contributed by atoms with Crippen molar-refractivity contribution in [2.24, 2.45) is 5.41 Å². The number of nitrogens with zero attached hydrogens (tertiary/aromatic N) is 1. The predicted molar refractivity (Wildman–Crippen MR) is 73.5 cm³/mol. The smallest absolute Gasteiger partial charge is 0.243 e. The molecule has 0 spiro atoms. The molecule has 0 aliphatic carbocycles. The number of nitrogens with one attached hydrogen (secondary N) is 1. The van der Waals surface area contributed by atoms with Gasteiger partial charge in [-0.25, -0.2) is 0 Å². The molecule has 0 bridgehead atoms. The summed E-state index contributed by atoms with van der Waals surface area (Å²) in [5, 5.41) is 12.2. The van der Waals surface area contributed by atoms with Crippen molar-refractivity contribution in [2.75, 3.05) is 13.2 Å². The predicted octanol–water partition coefficient (Wildman–Crippen LogP) is 0.911. The first-order valence-electron chi connectivity index (χ1n) is 6.93. The lowest BCUT2D eigenvalue weighted by molar-refractivity contribution is -0.137. The van der Waals surface area contributed by atoms with Gasteiger partial charge >= 0.3 is 0 Å². The van der Waals surface area contributed by atoms with Gasteiger partial charge in [-0.1, -0.05) is 20.8 Å². The van der Waals surface area contributed by atoms with Gasteiger partial charge in [0.25, 0.3) is 0 Å². The topological polar surface area (TPSA) is 69.6 Å². The van der Waals surface area contributed by atoms with E-state index >= 15 is 0 Å². The standard InChI is InChI=1S/C14H26N2O3/c1-10(18)16-7-5-6-12(16)13(19)15-11(9-17)8-14(2,3)4/h11-12,17H,5-9H2,1-4H3,(H,15,19). The van der Waals surface area contributed by atoms with E-state index in [1.807, 2.05) is 0 Å². The van der Waals surface area contributed by atoms with E-state index in [9.17, 15) is 14.7 Å². The molecule has 2 amide bonds. The molecule has 5 nitrogen and oxygen atoms in total. The molecule has 0 aromatic heterocycles. The Balaban J connectivity index is 2.60. The van der Waals surface area contributed by atoms with Crippen molar-refractivity contribution in [3.63, 3.8) is 0 Å². The molecule has 1 rings (SSSR count). The molecule has 110 valence electrons. The molecule has 19 heavy (non-hydrogen) atoms. The second-order valence-corrected chi connectivity index (χ2v) is 6.52. The van der Waals surface area contributed by atoms with E-state index in [0.717, 1.165) is 6.42 Å². The zero-order chi connectivity index (χ0) is 14.6. The SMILES string of the molecule is CC(=O)N1CCCC1C(=O)NC(CO)CC(C)(C)C. The lowest BCUT2D eigenvalue weighted by atomic mass is 9.88. The molecule has 5 heteroatoms. The van der Waals surface area contributed by atoms with Crippen LogP contribution in [0, 0.1) is 5.41 Å². The van der Waals surface area contributed by atoms with Crippen molar-refractivity contribution in [1.82, 2.24) is 10.2 Å². The van der Waals surface area contributed by atoms with E-state index in [1.165, 1.54) is 6.92 Å². The summed E-state index contributed by atoms with van der Waals surface area (Å²) in [7, 11) is 0. The van der Waals surface area contributed by atoms with E-state index in [2.05, 4.69) is 26.1 Å². The minimum absolute atomic E-state index is 0.0383. The van der Waals surface area contributed by atoms with Crippen molar-refractivity contribution in [2.45, 2.75) is 59.0 Å². The number of carbonyl (C=O) groups excluding carboxylic acids is 2. The van der Waals surface area contributed by atoms with Gasteiger partial charge in [0.05, 0.1) is 12.6 Å². The molecular weight excluding hydrogens is 244 g/mol. The van der Waals surface area contributed by atoms with Crippen LogP contribution in [0.3, 0.4) is 0 Å². The number of hydrogen-bond donors (Lipinski definition) is 2. The number of hydrogen-bond acceptors (Lipinski definition) is 3. The van der Waals surface area contributed by atoms with Crippen LogP contribution < -0.4 is 5.32 Å². The Morgan fingerprint density at radius 2 is 2.05 bits per heavy atom.